The lowest BCUT2D eigenvalue weighted by Crippen LogP contribution is -2.31. The number of Topliss-reactive ketones (excluding diaryl/α,β-unsaturated/α-hetero) is 1. The molecule has 0 saturated heterocycles. The third-order valence-corrected chi connectivity index (χ3v) is 2.37. The largest absolute Gasteiger partial charge is 0.338 e. The molecule has 0 saturated carbocycles. The van der Waals surface area contributed by atoms with E-state index >= 15 is 0 Å². The highest BCUT2D eigenvalue weighted by Crippen LogP contribution is 2.02. The minimum absolute atomic E-state index is 0.0202. The summed E-state index contributed by atoms with van der Waals surface area (Å²) < 4.78 is 0. The number of hydrogen-bond acceptors (Lipinski definition) is 2. The van der Waals surface area contributed by atoms with Gasteiger partial charge in [0.2, 0.25) is 5.91 Å². The van der Waals surface area contributed by atoms with E-state index in [0.29, 0.717) is 12.0 Å². The van der Waals surface area contributed by atoms with Crippen LogP contribution in [0.5, 0.6) is 0 Å². The molecule has 0 bridgehead atoms. The maximum absolute atomic E-state index is 11.8. The Bertz CT molecular complexity index is 359. The Morgan fingerprint density at radius 2 is 1.81 bits per heavy atom. The van der Waals surface area contributed by atoms with Gasteiger partial charge in [-0.05, 0) is 6.42 Å². The van der Waals surface area contributed by atoms with Crippen LogP contribution in [0.4, 0.5) is 0 Å². The van der Waals surface area contributed by atoms with Gasteiger partial charge in [-0.3, -0.25) is 9.59 Å². The summed E-state index contributed by atoms with van der Waals surface area (Å²) in [6.07, 6.45) is 1.31. The summed E-state index contributed by atoms with van der Waals surface area (Å²) >= 11 is 0. The van der Waals surface area contributed by atoms with Crippen LogP contribution in [0.1, 0.15) is 30.1 Å². The van der Waals surface area contributed by atoms with Crippen molar-refractivity contribution in [1.82, 2.24) is 4.90 Å². The molecule has 0 aliphatic heterocycles. The van der Waals surface area contributed by atoms with Crippen molar-refractivity contribution in [1.29, 1.82) is 0 Å². The summed E-state index contributed by atoms with van der Waals surface area (Å²) in [4.78, 5) is 24.7. The van der Waals surface area contributed by atoms with E-state index in [0.717, 1.165) is 6.42 Å². The Hall–Kier alpha value is -1.64. The van der Waals surface area contributed by atoms with E-state index in [-0.39, 0.29) is 18.2 Å². The summed E-state index contributed by atoms with van der Waals surface area (Å²) in [5.41, 5.74) is 0.652. The first-order chi connectivity index (χ1) is 7.65. The van der Waals surface area contributed by atoms with Gasteiger partial charge in [-0.2, -0.15) is 0 Å². The second-order valence-corrected chi connectivity index (χ2v) is 3.79. The van der Waals surface area contributed by atoms with E-state index in [1.807, 2.05) is 25.1 Å². The van der Waals surface area contributed by atoms with Gasteiger partial charge in [0.15, 0.2) is 5.78 Å². The Kier molecular flexibility index (Phi) is 4.70. The van der Waals surface area contributed by atoms with Crippen LogP contribution >= 0.6 is 0 Å². The Morgan fingerprint density at radius 3 is 2.38 bits per heavy atom. The Morgan fingerprint density at radius 1 is 1.19 bits per heavy atom. The van der Waals surface area contributed by atoms with Crippen molar-refractivity contribution >= 4 is 11.7 Å². The van der Waals surface area contributed by atoms with Crippen LogP contribution in [-0.4, -0.2) is 30.2 Å². The predicted octanol–water partition coefficient (Wildman–Crippen LogP) is 2.13. The van der Waals surface area contributed by atoms with Crippen LogP contribution in [-0.2, 0) is 4.79 Å². The van der Waals surface area contributed by atoms with Crippen LogP contribution in [0.25, 0.3) is 0 Å². The molecule has 0 heterocycles. The van der Waals surface area contributed by atoms with Gasteiger partial charge in [0.05, 0.1) is 6.54 Å². The van der Waals surface area contributed by atoms with Crippen molar-refractivity contribution in [2.75, 3.05) is 13.6 Å². The molecule has 3 nitrogen and oxygen atoms in total. The van der Waals surface area contributed by atoms with E-state index in [2.05, 4.69) is 0 Å². The summed E-state index contributed by atoms with van der Waals surface area (Å²) in [6.45, 7) is 2.10. The first kappa shape index (κ1) is 12.4. The standard InChI is InChI=1S/C13H17NO2/c1-3-7-13(16)14(2)10-12(15)11-8-5-4-6-9-11/h4-6,8-9H,3,7,10H2,1-2H3. The lowest BCUT2D eigenvalue weighted by molar-refractivity contribution is -0.129. The predicted molar refractivity (Wildman–Crippen MR) is 63.3 cm³/mol. The molecule has 0 N–H and O–H groups in total. The molecular formula is C13H17NO2. The van der Waals surface area contributed by atoms with Gasteiger partial charge in [0.1, 0.15) is 0 Å². The monoisotopic (exact) mass is 219 g/mol. The van der Waals surface area contributed by atoms with E-state index in [4.69, 9.17) is 0 Å². The summed E-state index contributed by atoms with van der Waals surface area (Å²) in [5.74, 6) is -0.000616. The van der Waals surface area contributed by atoms with Gasteiger partial charge in [-0.25, -0.2) is 0 Å². The first-order valence-electron chi connectivity index (χ1n) is 5.47. The average molecular weight is 219 g/mol. The van der Waals surface area contributed by atoms with Crippen molar-refractivity contribution < 1.29 is 9.59 Å². The third kappa shape index (κ3) is 3.50. The number of amides is 1. The molecular weight excluding hydrogens is 202 g/mol. The van der Waals surface area contributed by atoms with E-state index in [9.17, 15) is 9.59 Å². The molecule has 0 aliphatic carbocycles. The minimum Gasteiger partial charge on any atom is -0.338 e. The van der Waals surface area contributed by atoms with Gasteiger partial charge >= 0.3 is 0 Å². The highest BCUT2D eigenvalue weighted by atomic mass is 16.2. The number of nitrogens with zero attached hydrogens (tertiary/aromatic N) is 1. The van der Waals surface area contributed by atoms with Crippen LogP contribution in [0, 0.1) is 0 Å². The molecule has 86 valence electrons. The van der Waals surface area contributed by atoms with Gasteiger partial charge in [-0.1, -0.05) is 37.3 Å². The number of hydrogen-bond donors (Lipinski definition) is 0. The minimum atomic E-state index is -0.0208. The molecule has 0 spiro atoms. The smallest absolute Gasteiger partial charge is 0.222 e. The second kappa shape index (κ2) is 6.05. The number of rotatable bonds is 5. The van der Waals surface area contributed by atoms with Gasteiger partial charge in [-0.15, -0.1) is 0 Å². The number of ketones is 1. The number of likely N-dealkylation sites (N-methyl/N-ethyl adjacent to an activating group) is 1. The Labute approximate surface area is 96.1 Å². The molecule has 0 unspecified atom stereocenters. The van der Waals surface area contributed by atoms with Gasteiger partial charge in [0, 0.05) is 19.0 Å². The molecule has 0 aromatic heterocycles. The van der Waals surface area contributed by atoms with Crippen molar-refractivity contribution in [2.24, 2.45) is 0 Å². The molecule has 0 fully saturated rings. The maximum atomic E-state index is 11.8. The fourth-order valence-electron chi connectivity index (χ4n) is 1.42. The zero-order valence-corrected chi connectivity index (χ0v) is 9.77. The molecule has 1 aromatic rings. The van der Waals surface area contributed by atoms with Crippen LogP contribution in [0.2, 0.25) is 0 Å². The topological polar surface area (TPSA) is 37.4 Å². The van der Waals surface area contributed by atoms with Crippen molar-refractivity contribution in [3.8, 4) is 0 Å². The summed E-state index contributed by atoms with van der Waals surface area (Å²) in [5, 5.41) is 0. The maximum Gasteiger partial charge on any atom is 0.222 e. The normalized spacial score (nSPS) is 9.88. The first-order valence-corrected chi connectivity index (χ1v) is 5.47. The quantitative estimate of drug-likeness (QED) is 0.711. The third-order valence-electron chi connectivity index (χ3n) is 2.37. The van der Waals surface area contributed by atoms with E-state index in [1.54, 1.807) is 19.2 Å². The van der Waals surface area contributed by atoms with Crippen LogP contribution in [0.3, 0.4) is 0 Å². The zero-order valence-electron chi connectivity index (χ0n) is 9.77. The SMILES string of the molecule is CCCC(=O)N(C)CC(=O)c1ccccc1. The van der Waals surface area contributed by atoms with Crippen molar-refractivity contribution in [3.05, 3.63) is 35.9 Å². The molecule has 1 amide bonds. The lowest BCUT2D eigenvalue weighted by atomic mass is 10.1. The van der Waals surface area contributed by atoms with Gasteiger partial charge < -0.3 is 4.90 Å². The number of carbonyl (C=O) groups is 2. The van der Waals surface area contributed by atoms with Crippen LogP contribution in [0.15, 0.2) is 30.3 Å². The highest BCUT2D eigenvalue weighted by molar-refractivity contribution is 5.99. The van der Waals surface area contributed by atoms with E-state index < -0.39 is 0 Å². The zero-order chi connectivity index (χ0) is 12.0. The highest BCUT2D eigenvalue weighted by Gasteiger charge is 2.12. The van der Waals surface area contributed by atoms with Crippen LogP contribution < -0.4 is 0 Å². The fraction of sp³-hybridized carbons (Fsp3) is 0.385. The Balaban J connectivity index is 2.55. The van der Waals surface area contributed by atoms with E-state index in [1.165, 1.54) is 4.90 Å². The molecule has 0 radical (unpaired) electrons. The molecule has 0 aliphatic rings. The fourth-order valence-corrected chi connectivity index (χ4v) is 1.42. The summed E-state index contributed by atoms with van der Waals surface area (Å²) in [7, 11) is 1.67. The lowest BCUT2D eigenvalue weighted by Gasteiger charge is -2.15. The molecule has 1 rings (SSSR count). The molecule has 0 atom stereocenters. The molecule has 16 heavy (non-hydrogen) atoms. The van der Waals surface area contributed by atoms with Gasteiger partial charge in [0.25, 0.3) is 0 Å². The van der Waals surface area contributed by atoms with Crippen molar-refractivity contribution in [2.45, 2.75) is 19.8 Å². The molecule has 3 heteroatoms. The molecule has 1 aromatic carbocycles. The second-order valence-electron chi connectivity index (χ2n) is 3.79. The summed E-state index contributed by atoms with van der Waals surface area (Å²) in [6, 6.07) is 9.03. The van der Waals surface area contributed by atoms with Crippen molar-refractivity contribution in [3.63, 3.8) is 0 Å². The average Bonchev–Trinajstić information content (AvgIpc) is 2.30. The number of carbonyl (C=O) groups excluding carboxylic acids is 2. The number of benzene rings is 1.